The fourth-order valence-corrected chi connectivity index (χ4v) is 2.13. The third-order valence-corrected chi connectivity index (χ3v) is 3.05. The molecule has 17 heavy (non-hydrogen) atoms. The first kappa shape index (κ1) is 14.3. The Hall–Kier alpha value is -0.770. The zero-order valence-corrected chi connectivity index (χ0v) is 11.5. The number of rotatable bonds is 4. The predicted octanol–water partition coefficient (Wildman–Crippen LogP) is 3.21. The Morgan fingerprint density at radius 2 is 2.00 bits per heavy atom. The molecule has 1 unspecified atom stereocenters. The second kappa shape index (κ2) is 6.24. The summed E-state index contributed by atoms with van der Waals surface area (Å²) in [5, 5.41) is 4.27. The number of carbonyl (C=O) groups is 1. The van der Waals surface area contributed by atoms with Crippen molar-refractivity contribution in [2.75, 3.05) is 7.11 Å². The quantitative estimate of drug-likeness (QED) is 0.858. The van der Waals surface area contributed by atoms with Crippen molar-refractivity contribution >= 4 is 29.2 Å². The molecule has 1 N–H and O–H groups in total. The highest BCUT2D eigenvalue weighted by atomic mass is 35.5. The third-order valence-electron chi connectivity index (χ3n) is 2.48. The summed E-state index contributed by atoms with van der Waals surface area (Å²) in [7, 11) is 1.36. The van der Waals surface area contributed by atoms with Gasteiger partial charge >= 0.3 is 5.97 Å². The maximum absolute atomic E-state index is 11.3. The summed E-state index contributed by atoms with van der Waals surface area (Å²) >= 11 is 11.9. The highest BCUT2D eigenvalue weighted by molar-refractivity contribution is 6.35. The summed E-state index contributed by atoms with van der Waals surface area (Å²) in [5.41, 5.74) is 0.895. The van der Waals surface area contributed by atoms with Crippen molar-refractivity contribution in [3.8, 4) is 0 Å². The van der Waals surface area contributed by atoms with Gasteiger partial charge in [-0.25, -0.2) is 0 Å². The van der Waals surface area contributed by atoms with E-state index in [0.29, 0.717) is 10.0 Å². The van der Waals surface area contributed by atoms with Crippen molar-refractivity contribution in [2.45, 2.75) is 25.9 Å². The summed E-state index contributed by atoms with van der Waals surface area (Å²) in [5.74, 6) is -0.304. The molecule has 0 saturated carbocycles. The summed E-state index contributed by atoms with van der Waals surface area (Å²) in [6.07, 6.45) is 0. The SMILES string of the molecule is COC(=O)[C@H](C)NC(C)c1ccc(Cl)cc1Cl. The van der Waals surface area contributed by atoms with E-state index in [1.165, 1.54) is 7.11 Å². The summed E-state index contributed by atoms with van der Waals surface area (Å²) in [6.45, 7) is 3.67. The number of ether oxygens (including phenoxy) is 1. The van der Waals surface area contributed by atoms with E-state index in [1.807, 2.05) is 13.0 Å². The van der Waals surface area contributed by atoms with Gasteiger partial charge in [0, 0.05) is 16.1 Å². The van der Waals surface area contributed by atoms with Crippen molar-refractivity contribution in [3.05, 3.63) is 33.8 Å². The van der Waals surface area contributed by atoms with E-state index < -0.39 is 0 Å². The molecular formula is C12H15Cl2NO2. The molecule has 0 aliphatic heterocycles. The lowest BCUT2D eigenvalue weighted by Gasteiger charge is -2.19. The molecule has 0 spiro atoms. The molecule has 1 aromatic rings. The van der Waals surface area contributed by atoms with Crippen molar-refractivity contribution in [1.29, 1.82) is 0 Å². The van der Waals surface area contributed by atoms with Gasteiger partial charge in [-0.05, 0) is 31.5 Å². The molecule has 1 aromatic carbocycles. The summed E-state index contributed by atoms with van der Waals surface area (Å²) in [4.78, 5) is 11.3. The first-order chi connectivity index (χ1) is 7.95. The van der Waals surface area contributed by atoms with Crippen LogP contribution in [0.3, 0.4) is 0 Å². The van der Waals surface area contributed by atoms with Crippen LogP contribution in [0.5, 0.6) is 0 Å². The number of carbonyl (C=O) groups excluding carboxylic acids is 1. The van der Waals surface area contributed by atoms with E-state index in [2.05, 4.69) is 10.1 Å². The highest BCUT2D eigenvalue weighted by Crippen LogP contribution is 2.26. The van der Waals surface area contributed by atoms with Gasteiger partial charge < -0.3 is 4.74 Å². The van der Waals surface area contributed by atoms with Gasteiger partial charge in [0.15, 0.2) is 0 Å². The first-order valence-electron chi connectivity index (χ1n) is 5.24. The minimum Gasteiger partial charge on any atom is -0.468 e. The fraction of sp³-hybridized carbons (Fsp3) is 0.417. The maximum atomic E-state index is 11.3. The Balaban J connectivity index is 2.76. The van der Waals surface area contributed by atoms with Crippen LogP contribution in [0.15, 0.2) is 18.2 Å². The first-order valence-corrected chi connectivity index (χ1v) is 6.00. The molecule has 0 bridgehead atoms. The molecule has 0 fully saturated rings. The Morgan fingerprint density at radius 3 is 2.53 bits per heavy atom. The highest BCUT2D eigenvalue weighted by Gasteiger charge is 2.17. The van der Waals surface area contributed by atoms with Crippen LogP contribution in [-0.4, -0.2) is 19.1 Å². The van der Waals surface area contributed by atoms with Gasteiger partial charge in [0.05, 0.1) is 7.11 Å². The number of hydrogen-bond donors (Lipinski definition) is 1. The van der Waals surface area contributed by atoms with Gasteiger partial charge in [-0.15, -0.1) is 0 Å². The topological polar surface area (TPSA) is 38.3 Å². The molecule has 0 aromatic heterocycles. The zero-order chi connectivity index (χ0) is 13.0. The summed E-state index contributed by atoms with van der Waals surface area (Å²) in [6, 6.07) is 4.84. The monoisotopic (exact) mass is 275 g/mol. The lowest BCUT2D eigenvalue weighted by Crippen LogP contribution is -2.36. The number of nitrogens with one attached hydrogen (secondary N) is 1. The average molecular weight is 276 g/mol. The molecule has 0 heterocycles. The van der Waals surface area contributed by atoms with E-state index >= 15 is 0 Å². The van der Waals surface area contributed by atoms with E-state index in [1.54, 1.807) is 19.1 Å². The number of benzene rings is 1. The number of hydrogen-bond acceptors (Lipinski definition) is 3. The van der Waals surface area contributed by atoms with Crippen LogP contribution in [0.4, 0.5) is 0 Å². The zero-order valence-electron chi connectivity index (χ0n) is 9.96. The fourth-order valence-electron chi connectivity index (χ4n) is 1.56. The standard InChI is InChI=1S/C12H15Cl2NO2/c1-7(15-8(2)12(16)17-3)10-5-4-9(13)6-11(10)14/h4-8,15H,1-3H3/t7?,8-/m0/s1. The van der Waals surface area contributed by atoms with Crippen molar-refractivity contribution in [2.24, 2.45) is 0 Å². The number of methoxy groups -OCH3 is 1. The van der Waals surface area contributed by atoms with Crippen molar-refractivity contribution < 1.29 is 9.53 Å². The van der Waals surface area contributed by atoms with Gasteiger partial charge in [-0.3, -0.25) is 10.1 Å². The van der Waals surface area contributed by atoms with Gasteiger partial charge in [0.1, 0.15) is 6.04 Å². The second-order valence-electron chi connectivity index (χ2n) is 3.80. The molecule has 2 atom stereocenters. The normalized spacial score (nSPS) is 14.2. The third kappa shape index (κ3) is 3.87. The van der Waals surface area contributed by atoms with Crippen molar-refractivity contribution in [3.63, 3.8) is 0 Å². The molecule has 0 radical (unpaired) electrons. The molecule has 0 saturated heterocycles. The Bertz CT molecular complexity index is 409. The number of halogens is 2. The number of esters is 1. The molecule has 1 rings (SSSR count). The van der Waals surface area contributed by atoms with Gasteiger partial charge in [0.2, 0.25) is 0 Å². The molecule has 0 aliphatic carbocycles. The minimum absolute atomic E-state index is 0.0612. The summed E-state index contributed by atoms with van der Waals surface area (Å²) < 4.78 is 4.64. The van der Waals surface area contributed by atoms with Crippen LogP contribution in [0.2, 0.25) is 10.0 Å². The van der Waals surface area contributed by atoms with E-state index in [9.17, 15) is 4.79 Å². The van der Waals surface area contributed by atoms with E-state index in [-0.39, 0.29) is 18.1 Å². The Kier molecular flexibility index (Phi) is 5.25. The van der Waals surface area contributed by atoms with Crippen LogP contribution < -0.4 is 5.32 Å². The van der Waals surface area contributed by atoms with Crippen molar-refractivity contribution in [1.82, 2.24) is 5.32 Å². The minimum atomic E-state index is -0.387. The Labute approximate surface area is 111 Å². The van der Waals surface area contributed by atoms with E-state index in [0.717, 1.165) is 5.56 Å². The molecular weight excluding hydrogens is 261 g/mol. The molecule has 0 amide bonds. The average Bonchev–Trinajstić information content (AvgIpc) is 2.27. The van der Waals surface area contributed by atoms with Gasteiger partial charge in [0.25, 0.3) is 0 Å². The maximum Gasteiger partial charge on any atom is 0.322 e. The van der Waals surface area contributed by atoms with Crippen LogP contribution in [-0.2, 0) is 9.53 Å². The molecule has 0 aliphatic rings. The lowest BCUT2D eigenvalue weighted by atomic mass is 10.1. The largest absolute Gasteiger partial charge is 0.468 e. The lowest BCUT2D eigenvalue weighted by molar-refractivity contribution is -0.142. The second-order valence-corrected chi connectivity index (χ2v) is 4.64. The van der Waals surface area contributed by atoms with Crippen LogP contribution >= 0.6 is 23.2 Å². The van der Waals surface area contributed by atoms with Crippen LogP contribution in [0, 0.1) is 0 Å². The van der Waals surface area contributed by atoms with Crippen LogP contribution in [0.25, 0.3) is 0 Å². The smallest absolute Gasteiger partial charge is 0.322 e. The predicted molar refractivity (Wildman–Crippen MR) is 69.5 cm³/mol. The van der Waals surface area contributed by atoms with E-state index in [4.69, 9.17) is 23.2 Å². The van der Waals surface area contributed by atoms with Gasteiger partial charge in [-0.1, -0.05) is 29.3 Å². The molecule has 3 nitrogen and oxygen atoms in total. The molecule has 94 valence electrons. The molecule has 5 heteroatoms. The Morgan fingerprint density at radius 1 is 1.35 bits per heavy atom. The van der Waals surface area contributed by atoms with Crippen LogP contribution in [0.1, 0.15) is 25.5 Å². The van der Waals surface area contributed by atoms with Gasteiger partial charge in [-0.2, -0.15) is 0 Å².